The number of ether oxygens (including phenoxy) is 1. The topological polar surface area (TPSA) is 85.6 Å². The summed E-state index contributed by atoms with van der Waals surface area (Å²) in [6.45, 7) is 5.88. The first-order chi connectivity index (χ1) is 16.9. The monoisotopic (exact) mass is 489 g/mol. The number of hydrogen-bond donors (Lipinski definition) is 1. The number of Topliss-reactive ketones (excluding diaryl/α,β-unsaturated/α-hetero) is 1. The third-order valence-corrected chi connectivity index (χ3v) is 7.73. The maximum atomic E-state index is 13.7. The molecule has 35 heavy (non-hydrogen) atoms. The highest BCUT2D eigenvalue weighted by Crippen LogP contribution is 2.45. The third kappa shape index (κ3) is 4.14. The highest BCUT2D eigenvalue weighted by molar-refractivity contribution is 7.10. The van der Waals surface area contributed by atoms with Crippen LogP contribution in [0.3, 0.4) is 0 Å². The van der Waals surface area contributed by atoms with Gasteiger partial charge in [-0.1, -0.05) is 24.6 Å². The molecule has 1 aromatic carbocycles. The molecular weight excluding hydrogens is 462 g/mol. The van der Waals surface area contributed by atoms with Crippen molar-refractivity contribution in [1.82, 2.24) is 5.32 Å². The van der Waals surface area contributed by atoms with Crippen LogP contribution in [0.1, 0.15) is 60.9 Å². The van der Waals surface area contributed by atoms with Gasteiger partial charge in [-0.15, -0.1) is 11.3 Å². The Bertz CT molecular complexity index is 1440. The fourth-order valence-electron chi connectivity index (χ4n) is 5.08. The van der Waals surface area contributed by atoms with Crippen molar-refractivity contribution in [2.75, 3.05) is 6.61 Å². The molecule has 0 saturated carbocycles. The molecule has 2 atom stereocenters. The lowest BCUT2D eigenvalue weighted by atomic mass is 9.73. The van der Waals surface area contributed by atoms with E-state index in [-0.39, 0.29) is 29.3 Å². The normalized spacial score (nSPS) is 20.1. The number of aryl methyl sites for hydroxylation is 1. The van der Waals surface area contributed by atoms with Gasteiger partial charge in [0.2, 0.25) is 0 Å². The Labute approximate surface area is 207 Å². The predicted octanol–water partition coefficient (Wildman–Crippen LogP) is 5.48. The van der Waals surface area contributed by atoms with E-state index >= 15 is 0 Å². The number of nitrogens with one attached hydrogen (secondary N) is 1. The van der Waals surface area contributed by atoms with E-state index < -0.39 is 11.9 Å². The third-order valence-electron chi connectivity index (χ3n) is 6.70. The molecule has 2 aromatic heterocycles. The van der Waals surface area contributed by atoms with E-state index in [9.17, 15) is 14.4 Å². The molecule has 3 aromatic rings. The van der Waals surface area contributed by atoms with Crippen LogP contribution in [0, 0.1) is 6.92 Å². The summed E-state index contributed by atoms with van der Waals surface area (Å²) in [4.78, 5) is 41.7. The van der Waals surface area contributed by atoms with E-state index in [0.29, 0.717) is 47.1 Å². The standard InChI is InChI=1S/C28H27NO5S/c1-4-9-33-28(32)24-16(3)29-20-12-17(23-6-5-10-35-23)13-21(30)26(20)25(24)19-14-34-22-8-7-15(2)11-18(22)27(19)31/h5-8,10-11,14,17,25,29H,4,9,12-13H2,1-3H3/t17-,25-/m0/s1. The number of allylic oxidation sites excluding steroid dienone is 3. The number of thiophene rings is 1. The van der Waals surface area contributed by atoms with Gasteiger partial charge in [-0.05, 0) is 50.3 Å². The average Bonchev–Trinajstić information content (AvgIpc) is 3.37. The molecule has 0 saturated heterocycles. The van der Waals surface area contributed by atoms with Crippen molar-refractivity contribution < 1.29 is 18.7 Å². The van der Waals surface area contributed by atoms with Crippen molar-refractivity contribution in [3.05, 3.63) is 90.7 Å². The number of ketones is 1. The SMILES string of the molecule is CCCOC(=O)C1=C(C)NC2=C(C(=O)C[C@@H](c3cccs3)C2)[C@H]1c1coc2ccc(C)cc2c1=O. The van der Waals surface area contributed by atoms with Gasteiger partial charge in [0.15, 0.2) is 11.2 Å². The number of carbonyl (C=O) groups excluding carboxylic acids is 2. The first-order valence-electron chi connectivity index (χ1n) is 11.9. The van der Waals surface area contributed by atoms with Gasteiger partial charge in [-0.3, -0.25) is 9.59 Å². The second kappa shape index (κ2) is 9.30. The molecule has 0 amide bonds. The minimum absolute atomic E-state index is 0.0615. The quantitative estimate of drug-likeness (QED) is 0.478. The first kappa shape index (κ1) is 23.3. The van der Waals surface area contributed by atoms with E-state index in [1.165, 1.54) is 6.26 Å². The zero-order chi connectivity index (χ0) is 24.7. The van der Waals surface area contributed by atoms with Gasteiger partial charge in [-0.25, -0.2) is 4.79 Å². The molecule has 0 bridgehead atoms. The minimum Gasteiger partial charge on any atom is -0.464 e. The van der Waals surface area contributed by atoms with Gasteiger partial charge in [0.25, 0.3) is 0 Å². The summed E-state index contributed by atoms with van der Waals surface area (Å²) >= 11 is 1.63. The second-order valence-electron chi connectivity index (χ2n) is 9.19. The van der Waals surface area contributed by atoms with Crippen LogP contribution in [-0.4, -0.2) is 18.4 Å². The zero-order valence-electron chi connectivity index (χ0n) is 20.0. The zero-order valence-corrected chi connectivity index (χ0v) is 20.8. The van der Waals surface area contributed by atoms with Gasteiger partial charge < -0.3 is 14.5 Å². The summed E-state index contributed by atoms with van der Waals surface area (Å²) < 4.78 is 11.3. The van der Waals surface area contributed by atoms with Crippen LogP contribution in [0.25, 0.3) is 11.0 Å². The first-order valence-corrected chi connectivity index (χ1v) is 12.7. The number of esters is 1. The molecular formula is C28H27NO5S. The molecule has 0 fully saturated rings. The van der Waals surface area contributed by atoms with Gasteiger partial charge in [0.05, 0.1) is 29.7 Å². The Balaban J connectivity index is 1.68. The van der Waals surface area contributed by atoms with Crippen LogP contribution < -0.4 is 10.7 Å². The van der Waals surface area contributed by atoms with Crippen molar-refractivity contribution in [1.29, 1.82) is 0 Å². The largest absolute Gasteiger partial charge is 0.464 e. The maximum absolute atomic E-state index is 13.7. The number of benzene rings is 1. The van der Waals surface area contributed by atoms with Gasteiger partial charge in [-0.2, -0.15) is 0 Å². The average molecular weight is 490 g/mol. The molecule has 5 rings (SSSR count). The van der Waals surface area contributed by atoms with E-state index in [0.717, 1.165) is 16.1 Å². The highest BCUT2D eigenvalue weighted by Gasteiger charge is 2.43. The summed E-state index contributed by atoms with van der Waals surface area (Å²) in [6.07, 6.45) is 3.03. The van der Waals surface area contributed by atoms with Crippen LogP contribution >= 0.6 is 11.3 Å². The van der Waals surface area contributed by atoms with Crippen LogP contribution in [0.2, 0.25) is 0 Å². The molecule has 3 heterocycles. The molecule has 180 valence electrons. The van der Waals surface area contributed by atoms with Crippen molar-refractivity contribution in [2.45, 2.75) is 51.9 Å². The highest BCUT2D eigenvalue weighted by atomic mass is 32.1. The Morgan fingerprint density at radius 2 is 2.03 bits per heavy atom. The lowest BCUT2D eigenvalue weighted by Gasteiger charge is -2.36. The van der Waals surface area contributed by atoms with Crippen LogP contribution in [0.4, 0.5) is 0 Å². The molecule has 1 N–H and O–H groups in total. The lowest BCUT2D eigenvalue weighted by Crippen LogP contribution is -2.37. The number of rotatable bonds is 5. The van der Waals surface area contributed by atoms with E-state index in [1.807, 2.05) is 37.4 Å². The van der Waals surface area contributed by atoms with Gasteiger partial charge in [0, 0.05) is 39.7 Å². The summed E-state index contributed by atoms with van der Waals surface area (Å²) in [6, 6.07) is 9.45. The van der Waals surface area contributed by atoms with Crippen molar-refractivity contribution in [3.63, 3.8) is 0 Å². The summed E-state index contributed by atoms with van der Waals surface area (Å²) in [5.74, 6) is -1.37. The van der Waals surface area contributed by atoms with E-state index in [2.05, 4.69) is 5.32 Å². The number of carbonyl (C=O) groups is 2. The Kier molecular flexibility index (Phi) is 6.19. The number of dihydropyridines is 1. The molecule has 6 nitrogen and oxygen atoms in total. The van der Waals surface area contributed by atoms with Crippen LogP contribution in [0.5, 0.6) is 0 Å². The van der Waals surface area contributed by atoms with Crippen LogP contribution in [0.15, 0.2) is 73.7 Å². The van der Waals surface area contributed by atoms with Gasteiger partial charge in [0.1, 0.15) is 5.58 Å². The Hall–Kier alpha value is -3.45. The fraction of sp³-hybridized carbons (Fsp3) is 0.321. The van der Waals surface area contributed by atoms with Crippen molar-refractivity contribution in [3.8, 4) is 0 Å². The predicted molar refractivity (Wildman–Crippen MR) is 135 cm³/mol. The second-order valence-corrected chi connectivity index (χ2v) is 10.2. The maximum Gasteiger partial charge on any atom is 0.336 e. The summed E-state index contributed by atoms with van der Waals surface area (Å²) in [5, 5.41) is 5.77. The van der Waals surface area contributed by atoms with Gasteiger partial charge >= 0.3 is 5.97 Å². The van der Waals surface area contributed by atoms with Crippen molar-refractivity contribution >= 4 is 34.1 Å². The molecule has 1 aliphatic carbocycles. The fourth-order valence-corrected chi connectivity index (χ4v) is 5.91. The molecule has 1 aliphatic heterocycles. The smallest absolute Gasteiger partial charge is 0.336 e. The lowest BCUT2D eigenvalue weighted by molar-refractivity contribution is -0.139. The van der Waals surface area contributed by atoms with E-state index in [1.54, 1.807) is 30.4 Å². The number of fused-ring (bicyclic) bond motifs is 1. The Morgan fingerprint density at radius 1 is 1.20 bits per heavy atom. The molecule has 0 radical (unpaired) electrons. The van der Waals surface area contributed by atoms with E-state index in [4.69, 9.17) is 9.15 Å². The van der Waals surface area contributed by atoms with Crippen molar-refractivity contribution in [2.24, 2.45) is 0 Å². The molecule has 0 spiro atoms. The summed E-state index contributed by atoms with van der Waals surface area (Å²) in [7, 11) is 0. The Morgan fingerprint density at radius 3 is 2.77 bits per heavy atom. The summed E-state index contributed by atoms with van der Waals surface area (Å²) in [5.41, 5.74) is 3.55. The minimum atomic E-state index is -0.839. The number of hydrogen-bond acceptors (Lipinski definition) is 7. The van der Waals surface area contributed by atoms with Crippen LogP contribution in [-0.2, 0) is 14.3 Å². The molecule has 2 aliphatic rings. The molecule has 0 unspecified atom stereocenters. The molecule has 7 heteroatoms.